The second-order valence-electron chi connectivity index (χ2n) is 7.45. The van der Waals surface area contributed by atoms with Gasteiger partial charge in [-0.1, -0.05) is 18.2 Å². The number of carboxylic acid groups (broad SMARTS) is 1. The third-order valence-corrected chi connectivity index (χ3v) is 5.98. The average Bonchev–Trinajstić information content (AvgIpc) is 3.41. The molecule has 9 heteroatoms. The molecule has 1 aliphatic rings. The maximum Gasteiger partial charge on any atom is 0.326 e. The van der Waals surface area contributed by atoms with Gasteiger partial charge in [-0.3, -0.25) is 9.59 Å². The molecule has 3 unspecified atom stereocenters. The van der Waals surface area contributed by atoms with Gasteiger partial charge in [0.15, 0.2) is 0 Å². The van der Waals surface area contributed by atoms with E-state index in [9.17, 15) is 19.5 Å². The third-order valence-electron chi connectivity index (χ3n) is 5.33. The number of carbonyl (C=O) groups excluding carboxylic acids is 2. The van der Waals surface area contributed by atoms with E-state index in [1.165, 1.54) is 11.8 Å². The Morgan fingerprint density at radius 1 is 1.23 bits per heavy atom. The summed E-state index contributed by atoms with van der Waals surface area (Å²) in [5.74, 6) is -1.18. The van der Waals surface area contributed by atoms with Crippen molar-refractivity contribution in [2.45, 2.75) is 43.8 Å². The second kappa shape index (κ2) is 10.5. The van der Waals surface area contributed by atoms with Gasteiger partial charge in [0.05, 0.1) is 6.04 Å². The minimum Gasteiger partial charge on any atom is -0.480 e. The van der Waals surface area contributed by atoms with Crippen LogP contribution >= 0.6 is 11.8 Å². The summed E-state index contributed by atoms with van der Waals surface area (Å²) in [4.78, 5) is 40.4. The van der Waals surface area contributed by atoms with Gasteiger partial charge < -0.3 is 26.0 Å². The largest absolute Gasteiger partial charge is 0.480 e. The van der Waals surface area contributed by atoms with Gasteiger partial charge in [-0.15, -0.1) is 0 Å². The van der Waals surface area contributed by atoms with Gasteiger partial charge in [0, 0.05) is 23.5 Å². The van der Waals surface area contributed by atoms with Crippen molar-refractivity contribution in [3.8, 4) is 0 Å². The van der Waals surface area contributed by atoms with Crippen molar-refractivity contribution in [1.29, 1.82) is 0 Å². The molecule has 1 fully saturated rings. The normalized spacial score (nSPS) is 18.1. The van der Waals surface area contributed by atoms with E-state index in [0.29, 0.717) is 12.2 Å². The number of rotatable bonds is 10. The van der Waals surface area contributed by atoms with Gasteiger partial charge >= 0.3 is 5.97 Å². The smallest absolute Gasteiger partial charge is 0.326 e. The number of aromatic amines is 1. The zero-order valence-corrected chi connectivity index (χ0v) is 17.8. The first-order valence-corrected chi connectivity index (χ1v) is 11.5. The molecule has 3 atom stereocenters. The van der Waals surface area contributed by atoms with Crippen molar-refractivity contribution in [3.63, 3.8) is 0 Å². The quantitative estimate of drug-likeness (QED) is 0.385. The molecule has 0 spiro atoms. The zero-order valence-electron chi connectivity index (χ0n) is 16.9. The lowest BCUT2D eigenvalue weighted by Gasteiger charge is -2.23. The topological polar surface area (TPSA) is 123 Å². The van der Waals surface area contributed by atoms with Crippen molar-refractivity contribution < 1.29 is 19.5 Å². The van der Waals surface area contributed by atoms with E-state index < -0.39 is 24.0 Å². The van der Waals surface area contributed by atoms with Crippen LogP contribution in [0.4, 0.5) is 0 Å². The predicted molar refractivity (Wildman–Crippen MR) is 118 cm³/mol. The van der Waals surface area contributed by atoms with Crippen LogP contribution in [-0.4, -0.2) is 64.6 Å². The highest BCUT2D eigenvalue weighted by atomic mass is 32.2. The maximum atomic E-state index is 13.0. The molecular formula is C21H28N4O4S. The van der Waals surface area contributed by atoms with Gasteiger partial charge in [-0.05, 0) is 49.4 Å². The molecule has 1 aromatic carbocycles. The fourth-order valence-electron chi connectivity index (χ4n) is 3.68. The van der Waals surface area contributed by atoms with Crippen molar-refractivity contribution in [1.82, 2.24) is 20.9 Å². The van der Waals surface area contributed by atoms with E-state index in [1.807, 2.05) is 36.7 Å². The van der Waals surface area contributed by atoms with E-state index in [2.05, 4.69) is 20.9 Å². The van der Waals surface area contributed by atoms with Crippen molar-refractivity contribution in [2.24, 2.45) is 0 Å². The Balaban J connectivity index is 1.77. The molecule has 0 saturated carbocycles. The first-order valence-electron chi connectivity index (χ1n) is 10.1. The van der Waals surface area contributed by atoms with E-state index in [1.54, 1.807) is 0 Å². The van der Waals surface area contributed by atoms with Crippen LogP contribution in [0.2, 0.25) is 0 Å². The van der Waals surface area contributed by atoms with Crippen LogP contribution in [0, 0.1) is 0 Å². The summed E-state index contributed by atoms with van der Waals surface area (Å²) >= 11 is 1.52. The van der Waals surface area contributed by atoms with Crippen LogP contribution in [0.1, 0.15) is 24.8 Å². The Kier molecular flexibility index (Phi) is 7.75. The summed E-state index contributed by atoms with van der Waals surface area (Å²) in [6, 6.07) is 5.55. The number of aromatic nitrogens is 1. The summed E-state index contributed by atoms with van der Waals surface area (Å²) in [5, 5.41) is 19.0. The van der Waals surface area contributed by atoms with Crippen LogP contribution < -0.4 is 16.0 Å². The number of para-hydroxylation sites is 1. The maximum absolute atomic E-state index is 13.0. The molecule has 5 N–H and O–H groups in total. The molecule has 3 rings (SSSR count). The molecule has 2 aromatic rings. The molecule has 162 valence electrons. The number of benzene rings is 1. The first-order chi connectivity index (χ1) is 14.5. The number of carboxylic acids is 1. The Bertz CT molecular complexity index is 894. The van der Waals surface area contributed by atoms with Gasteiger partial charge in [0.25, 0.3) is 0 Å². The number of nitrogens with one attached hydrogen (secondary N) is 4. The van der Waals surface area contributed by atoms with Gasteiger partial charge in [0.2, 0.25) is 11.8 Å². The van der Waals surface area contributed by atoms with Crippen LogP contribution in [0.3, 0.4) is 0 Å². The molecule has 1 saturated heterocycles. The number of amides is 2. The summed E-state index contributed by atoms with van der Waals surface area (Å²) in [5.41, 5.74) is 1.83. The fourth-order valence-corrected chi connectivity index (χ4v) is 4.15. The Morgan fingerprint density at radius 2 is 2.03 bits per heavy atom. The number of aliphatic carboxylic acids is 1. The molecule has 0 aliphatic carbocycles. The van der Waals surface area contributed by atoms with Crippen LogP contribution in [0.5, 0.6) is 0 Å². The van der Waals surface area contributed by atoms with Gasteiger partial charge in [-0.25, -0.2) is 4.79 Å². The van der Waals surface area contributed by atoms with Crippen LogP contribution in [0.15, 0.2) is 30.5 Å². The van der Waals surface area contributed by atoms with E-state index in [4.69, 9.17) is 0 Å². The van der Waals surface area contributed by atoms with Crippen molar-refractivity contribution in [2.75, 3.05) is 18.6 Å². The highest BCUT2D eigenvalue weighted by Gasteiger charge is 2.30. The van der Waals surface area contributed by atoms with E-state index >= 15 is 0 Å². The number of fused-ring (bicyclic) bond motifs is 1. The second-order valence-corrected chi connectivity index (χ2v) is 8.44. The Labute approximate surface area is 179 Å². The number of H-pyrrole nitrogens is 1. The molecule has 2 amide bonds. The fraction of sp³-hybridized carbons (Fsp3) is 0.476. The van der Waals surface area contributed by atoms with Crippen LogP contribution in [0.25, 0.3) is 10.9 Å². The van der Waals surface area contributed by atoms with Gasteiger partial charge in [0.1, 0.15) is 12.1 Å². The summed E-state index contributed by atoms with van der Waals surface area (Å²) in [6.07, 6.45) is 5.93. The summed E-state index contributed by atoms with van der Waals surface area (Å²) in [7, 11) is 0. The number of hydrogen-bond donors (Lipinski definition) is 5. The van der Waals surface area contributed by atoms with Gasteiger partial charge in [-0.2, -0.15) is 11.8 Å². The number of thioether (sulfide) groups is 1. The Hall–Kier alpha value is -2.52. The summed E-state index contributed by atoms with van der Waals surface area (Å²) < 4.78 is 0. The van der Waals surface area contributed by atoms with Crippen molar-refractivity contribution in [3.05, 3.63) is 36.0 Å². The third kappa shape index (κ3) is 5.54. The monoisotopic (exact) mass is 432 g/mol. The highest BCUT2D eigenvalue weighted by Crippen LogP contribution is 2.19. The highest BCUT2D eigenvalue weighted by molar-refractivity contribution is 7.98. The minimum atomic E-state index is -1.08. The molecule has 1 aliphatic heterocycles. The molecule has 0 bridgehead atoms. The zero-order chi connectivity index (χ0) is 21.5. The molecule has 1 aromatic heterocycles. The first kappa shape index (κ1) is 22.2. The van der Waals surface area contributed by atoms with E-state index in [0.717, 1.165) is 35.9 Å². The molecule has 30 heavy (non-hydrogen) atoms. The SMILES string of the molecule is CSCCC(NC(=O)C(Cc1c[nH]c2ccccc12)NC(=O)C1CCCN1)C(=O)O. The average molecular weight is 433 g/mol. The van der Waals surface area contributed by atoms with E-state index in [-0.39, 0.29) is 18.4 Å². The lowest BCUT2D eigenvalue weighted by Crippen LogP contribution is -2.55. The lowest BCUT2D eigenvalue weighted by molar-refractivity contribution is -0.142. The molecule has 2 heterocycles. The van der Waals surface area contributed by atoms with Crippen molar-refractivity contribution >= 4 is 40.4 Å². The minimum absolute atomic E-state index is 0.233. The number of hydrogen-bond acceptors (Lipinski definition) is 5. The molecular weight excluding hydrogens is 404 g/mol. The predicted octanol–water partition coefficient (Wildman–Crippen LogP) is 1.27. The molecule has 8 nitrogen and oxygen atoms in total. The van der Waals surface area contributed by atoms with Crippen LogP contribution in [-0.2, 0) is 20.8 Å². The standard InChI is InChI=1S/C21H28N4O4S/c1-30-10-8-17(21(28)29)24-20(27)18(25-19(26)16-7-4-9-22-16)11-13-12-23-15-6-3-2-5-14(13)15/h2-3,5-6,12,16-18,22-23H,4,7-11H2,1H3,(H,24,27)(H,25,26)(H,28,29). The Morgan fingerprint density at radius 3 is 2.73 bits per heavy atom. The summed E-state index contributed by atoms with van der Waals surface area (Å²) in [6.45, 7) is 0.771. The number of carbonyl (C=O) groups is 3. The lowest BCUT2D eigenvalue weighted by atomic mass is 10.0. The molecule has 0 radical (unpaired) electrons.